The van der Waals surface area contributed by atoms with E-state index in [1.54, 1.807) is 0 Å². The maximum Gasteiger partial charge on any atom is 0.142 e. The quantitative estimate of drug-likeness (QED) is 0.662. The lowest BCUT2D eigenvalue weighted by atomic mass is 9.97. The van der Waals surface area contributed by atoms with Crippen molar-refractivity contribution in [3.63, 3.8) is 0 Å². The first-order valence-electron chi connectivity index (χ1n) is 5.70. The van der Waals surface area contributed by atoms with Crippen LogP contribution in [-0.4, -0.2) is 7.05 Å². The highest BCUT2D eigenvalue weighted by Crippen LogP contribution is 2.29. The molecule has 2 aromatic rings. The zero-order valence-corrected chi connectivity index (χ0v) is 11.1. The van der Waals surface area contributed by atoms with Gasteiger partial charge in [-0.05, 0) is 25.2 Å². The van der Waals surface area contributed by atoms with Crippen LogP contribution in [0.5, 0.6) is 0 Å². The van der Waals surface area contributed by atoms with Crippen LogP contribution in [0.15, 0.2) is 30.3 Å². The minimum absolute atomic E-state index is 0.00882. The van der Waals surface area contributed by atoms with Crippen LogP contribution in [0.3, 0.4) is 0 Å². The van der Waals surface area contributed by atoms with Crippen molar-refractivity contribution in [3.8, 4) is 0 Å². The van der Waals surface area contributed by atoms with Crippen LogP contribution >= 0.6 is 11.6 Å². The molecule has 1 N–H and O–H groups in total. The molecule has 0 aliphatic carbocycles. The standard InChI is InChI=1S/C14H10ClF4N/c1-20-14(8-3-2-7(16)4-11(8)17)9-5-13(19)10(15)6-12(9)18/h2-6,14,20H,1H3. The van der Waals surface area contributed by atoms with Crippen molar-refractivity contribution in [3.05, 3.63) is 69.8 Å². The van der Waals surface area contributed by atoms with Gasteiger partial charge in [0, 0.05) is 17.2 Å². The summed E-state index contributed by atoms with van der Waals surface area (Å²) in [5, 5.41) is 2.31. The fourth-order valence-corrected chi connectivity index (χ4v) is 2.12. The first kappa shape index (κ1) is 14.8. The topological polar surface area (TPSA) is 12.0 Å². The summed E-state index contributed by atoms with van der Waals surface area (Å²) in [7, 11) is 1.46. The highest BCUT2D eigenvalue weighted by molar-refractivity contribution is 6.30. The molecule has 2 aromatic carbocycles. The van der Waals surface area contributed by atoms with Gasteiger partial charge in [-0.3, -0.25) is 0 Å². The molecule has 2 rings (SSSR count). The van der Waals surface area contributed by atoms with Gasteiger partial charge in [-0.15, -0.1) is 0 Å². The van der Waals surface area contributed by atoms with E-state index in [2.05, 4.69) is 5.32 Å². The van der Waals surface area contributed by atoms with E-state index >= 15 is 0 Å². The molecular formula is C14H10ClF4N. The molecule has 0 fully saturated rings. The van der Waals surface area contributed by atoms with Gasteiger partial charge in [0.15, 0.2) is 0 Å². The van der Waals surface area contributed by atoms with Crippen LogP contribution in [-0.2, 0) is 0 Å². The Morgan fingerprint density at radius 3 is 2.15 bits per heavy atom. The number of nitrogens with one attached hydrogen (secondary N) is 1. The Kier molecular flexibility index (Phi) is 4.30. The first-order valence-corrected chi connectivity index (χ1v) is 6.08. The van der Waals surface area contributed by atoms with Gasteiger partial charge in [-0.25, -0.2) is 17.6 Å². The monoisotopic (exact) mass is 303 g/mol. The van der Waals surface area contributed by atoms with Crippen LogP contribution in [0.4, 0.5) is 17.6 Å². The van der Waals surface area contributed by atoms with Crippen LogP contribution in [0.2, 0.25) is 5.02 Å². The molecule has 0 heterocycles. The molecule has 6 heteroatoms. The van der Waals surface area contributed by atoms with Crippen LogP contribution in [0, 0.1) is 23.3 Å². The number of hydrogen-bond acceptors (Lipinski definition) is 1. The minimum Gasteiger partial charge on any atom is -0.309 e. The smallest absolute Gasteiger partial charge is 0.142 e. The summed E-state index contributed by atoms with van der Waals surface area (Å²) in [5.41, 5.74) is -0.102. The maximum absolute atomic E-state index is 13.9. The number of halogens is 5. The summed E-state index contributed by atoms with van der Waals surface area (Å²) in [4.78, 5) is 0. The molecule has 0 aliphatic heterocycles. The fraction of sp³-hybridized carbons (Fsp3) is 0.143. The number of rotatable bonds is 3. The molecule has 1 unspecified atom stereocenters. The van der Waals surface area contributed by atoms with Gasteiger partial charge < -0.3 is 5.32 Å². The highest BCUT2D eigenvalue weighted by Gasteiger charge is 2.21. The minimum atomic E-state index is -0.956. The van der Waals surface area contributed by atoms with Crippen molar-refractivity contribution < 1.29 is 17.6 Å². The zero-order chi connectivity index (χ0) is 14.9. The third-order valence-electron chi connectivity index (χ3n) is 2.91. The molecule has 0 saturated carbocycles. The second kappa shape index (κ2) is 5.81. The van der Waals surface area contributed by atoms with Crippen molar-refractivity contribution in [1.29, 1.82) is 0 Å². The van der Waals surface area contributed by atoms with Gasteiger partial charge in [0.2, 0.25) is 0 Å². The molecule has 1 atom stereocenters. The van der Waals surface area contributed by atoms with E-state index in [9.17, 15) is 17.6 Å². The highest BCUT2D eigenvalue weighted by atomic mass is 35.5. The molecule has 0 radical (unpaired) electrons. The van der Waals surface area contributed by atoms with Crippen LogP contribution < -0.4 is 5.32 Å². The van der Waals surface area contributed by atoms with Crippen molar-refractivity contribution in [2.75, 3.05) is 7.05 Å². The van der Waals surface area contributed by atoms with Crippen LogP contribution in [0.25, 0.3) is 0 Å². The largest absolute Gasteiger partial charge is 0.309 e. The summed E-state index contributed by atoms with van der Waals surface area (Å²) in [6.45, 7) is 0. The molecule has 0 bridgehead atoms. The summed E-state index contributed by atoms with van der Waals surface area (Å²) >= 11 is 5.47. The summed E-state index contributed by atoms with van der Waals surface area (Å²) in [6, 6.07) is 3.66. The molecule has 106 valence electrons. The number of hydrogen-bond donors (Lipinski definition) is 1. The van der Waals surface area contributed by atoms with E-state index in [4.69, 9.17) is 11.6 Å². The van der Waals surface area contributed by atoms with Crippen molar-refractivity contribution >= 4 is 11.6 Å². The Morgan fingerprint density at radius 1 is 0.900 bits per heavy atom. The molecule has 0 aliphatic rings. The molecular weight excluding hydrogens is 294 g/mol. The molecule has 0 spiro atoms. The van der Waals surface area contributed by atoms with Gasteiger partial charge in [-0.2, -0.15) is 0 Å². The van der Waals surface area contributed by atoms with Crippen LogP contribution in [0.1, 0.15) is 17.2 Å². The van der Waals surface area contributed by atoms with Crippen molar-refractivity contribution in [1.82, 2.24) is 5.32 Å². The summed E-state index contributed by atoms with van der Waals surface area (Å²) in [6.07, 6.45) is 0. The normalized spacial score (nSPS) is 12.5. The van der Waals surface area contributed by atoms with Gasteiger partial charge in [0.1, 0.15) is 23.3 Å². The Labute approximate surface area is 118 Å². The SMILES string of the molecule is CNC(c1ccc(F)cc1F)c1cc(F)c(Cl)cc1F. The lowest BCUT2D eigenvalue weighted by molar-refractivity contribution is 0.528. The predicted octanol–water partition coefficient (Wildman–Crippen LogP) is 4.21. The third-order valence-corrected chi connectivity index (χ3v) is 3.20. The van der Waals surface area contributed by atoms with E-state index in [1.807, 2.05) is 0 Å². The van der Waals surface area contributed by atoms with E-state index in [1.165, 1.54) is 13.1 Å². The second-order valence-corrected chi connectivity index (χ2v) is 4.58. The Morgan fingerprint density at radius 2 is 1.55 bits per heavy atom. The number of benzene rings is 2. The van der Waals surface area contributed by atoms with Gasteiger partial charge in [-0.1, -0.05) is 17.7 Å². The average Bonchev–Trinajstić information content (AvgIpc) is 2.38. The zero-order valence-electron chi connectivity index (χ0n) is 10.4. The Bertz CT molecular complexity index is 645. The molecule has 1 nitrogen and oxygen atoms in total. The van der Waals surface area contributed by atoms with E-state index < -0.39 is 29.3 Å². The van der Waals surface area contributed by atoms with Crippen molar-refractivity contribution in [2.24, 2.45) is 0 Å². The fourth-order valence-electron chi connectivity index (χ4n) is 1.97. The Balaban J connectivity index is 2.55. The van der Waals surface area contributed by atoms with E-state index in [0.29, 0.717) is 6.07 Å². The average molecular weight is 304 g/mol. The van der Waals surface area contributed by atoms with E-state index in [0.717, 1.165) is 18.2 Å². The third kappa shape index (κ3) is 2.78. The molecule has 0 amide bonds. The summed E-state index contributed by atoms with van der Waals surface area (Å²) < 4.78 is 54.0. The molecule has 0 aromatic heterocycles. The predicted molar refractivity (Wildman–Crippen MR) is 68.6 cm³/mol. The Hall–Kier alpha value is -1.59. The lowest BCUT2D eigenvalue weighted by Crippen LogP contribution is -2.20. The van der Waals surface area contributed by atoms with Gasteiger partial charge in [0.25, 0.3) is 0 Å². The maximum atomic E-state index is 13.9. The molecule has 20 heavy (non-hydrogen) atoms. The van der Waals surface area contributed by atoms with Gasteiger partial charge in [0.05, 0.1) is 11.1 Å². The van der Waals surface area contributed by atoms with Gasteiger partial charge >= 0.3 is 0 Å². The van der Waals surface area contributed by atoms with Crippen molar-refractivity contribution in [2.45, 2.75) is 6.04 Å². The first-order chi connectivity index (χ1) is 9.43. The summed E-state index contributed by atoms with van der Waals surface area (Å²) in [5.74, 6) is -3.19. The lowest BCUT2D eigenvalue weighted by Gasteiger charge is -2.19. The molecule has 0 saturated heterocycles. The van der Waals surface area contributed by atoms with E-state index in [-0.39, 0.29) is 16.1 Å². The second-order valence-electron chi connectivity index (χ2n) is 4.18.